The molecule has 8 heteroatoms. The Morgan fingerprint density at radius 1 is 1.28 bits per heavy atom. The second-order valence-electron chi connectivity index (χ2n) is 5.34. The van der Waals surface area contributed by atoms with Crippen LogP contribution in [0.1, 0.15) is 40.7 Å². The van der Waals surface area contributed by atoms with Crippen LogP contribution in [0.4, 0.5) is 13.2 Å². The van der Waals surface area contributed by atoms with Gasteiger partial charge in [0, 0.05) is 0 Å². The molecule has 0 amide bonds. The van der Waals surface area contributed by atoms with E-state index in [4.69, 9.17) is 21.4 Å². The first-order valence-corrected chi connectivity index (χ1v) is 7.81. The molecule has 1 heterocycles. The van der Waals surface area contributed by atoms with Crippen molar-refractivity contribution in [3.8, 4) is 5.75 Å². The summed E-state index contributed by atoms with van der Waals surface area (Å²) in [6, 6.07) is 5.96. The molecule has 0 bridgehead atoms. The van der Waals surface area contributed by atoms with Crippen LogP contribution in [0.2, 0.25) is 5.02 Å². The van der Waals surface area contributed by atoms with Gasteiger partial charge >= 0.3 is 12.1 Å². The summed E-state index contributed by atoms with van der Waals surface area (Å²) in [5.41, 5.74) is 0.176. The average Bonchev–Trinajstić information content (AvgIpc) is 2.53. The van der Waals surface area contributed by atoms with E-state index < -0.39 is 17.7 Å². The Balaban J connectivity index is 2.19. The van der Waals surface area contributed by atoms with Gasteiger partial charge < -0.3 is 9.84 Å². The van der Waals surface area contributed by atoms with E-state index in [1.165, 1.54) is 6.07 Å². The molecule has 2 aromatic rings. The van der Waals surface area contributed by atoms with Crippen molar-refractivity contribution in [3.05, 3.63) is 57.9 Å². The molecule has 0 saturated heterocycles. The van der Waals surface area contributed by atoms with E-state index in [1.54, 1.807) is 6.07 Å². The van der Waals surface area contributed by atoms with E-state index >= 15 is 0 Å². The maximum Gasteiger partial charge on any atom is 0.416 e. The van der Waals surface area contributed by atoms with Gasteiger partial charge in [-0.05, 0) is 42.3 Å². The number of pyridine rings is 1. The lowest BCUT2D eigenvalue weighted by Crippen LogP contribution is -2.08. The smallest absolute Gasteiger partial charge is 0.416 e. The molecule has 2 rings (SSSR count). The monoisotopic (exact) mass is 373 g/mol. The van der Waals surface area contributed by atoms with Gasteiger partial charge in [-0.3, -0.25) is 0 Å². The molecule has 0 atom stereocenters. The molecule has 0 aliphatic heterocycles. The molecule has 4 nitrogen and oxygen atoms in total. The summed E-state index contributed by atoms with van der Waals surface area (Å²) in [5, 5.41) is 8.92. The van der Waals surface area contributed by atoms with Crippen molar-refractivity contribution in [3.63, 3.8) is 0 Å². The van der Waals surface area contributed by atoms with Crippen molar-refractivity contribution in [2.75, 3.05) is 0 Å². The van der Waals surface area contributed by atoms with E-state index in [2.05, 4.69) is 4.98 Å². The van der Waals surface area contributed by atoms with E-state index in [1.807, 2.05) is 6.92 Å². The van der Waals surface area contributed by atoms with Crippen LogP contribution in [0.15, 0.2) is 30.3 Å². The first-order valence-electron chi connectivity index (χ1n) is 7.43. The van der Waals surface area contributed by atoms with Gasteiger partial charge in [0.2, 0.25) is 0 Å². The Hall–Kier alpha value is -2.28. The fourth-order valence-corrected chi connectivity index (χ4v) is 2.45. The fraction of sp³-hybridized carbons (Fsp3) is 0.294. The first kappa shape index (κ1) is 19.1. The van der Waals surface area contributed by atoms with Crippen LogP contribution < -0.4 is 4.74 Å². The Labute approximate surface area is 147 Å². The summed E-state index contributed by atoms with van der Waals surface area (Å²) in [5.74, 6) is -1.10. The zero-order valence-electron chi connectivity index (χ0n) is 13.2. The number of alkyl halides is 3. The lowest BCUT2D eigenvalue weighted by Gasteiger charge is -2.12. The summed E-state index contributed by atoms with van der Waals surface area (Å²) in [6.07, 6.45) is -2.99. The van der Waals surface area contributed by atoms with Gasteiger partial charge in [-0.1, -0.05) is 24.9 Å². The highest BCUT2D eigenvalue weighted by Crippen LogP contribution is 2.34. The lowest BCUT2D eigenvalue weighted by atomic mass is 10.1. The molecule has 0 spiro atoms. The molecule has 0 saturated carbocycles. The van der Waals surface area contributed by atoms with Crippen molar-refractivity contribution in [1.29, 1.82) is 0 Å². The number of hydrogen-bond donors (Lipinski definition) is 1. The highest BCUT2D eigenvalue weighted by Gasteiger charge is 2.31. The Morgan fingerprint density at radius 2 is 2.00 bits per heavy atom. The zero-order chi connectivity index (χ0) is 18.6. The van der Waals surface area contributed by atoms with Crippen molar-refractivity contribution < 1.29 is 27.8 Å². The number of aromatic nitrogens is 1. The molecule has 0 fully saturated rings. The third-order valence-electron chi connectivity index (χ3n) is 3.33. The van der Waals surface area contributed by atoms with Gasteiger partial charge in [-0.15, -0.1) is 0 Å². The summed E-state index contributed by atoms with van der Waals surface area (Å²) in [7, 11) is 0. The van der Waals surface area contributed by atoms with Gasteiger partial charge in [-0.25, -0.2) is 9.78 Å². The third kappa shape index (κ3) is 5.09. The number of carboxylic acids is 1. The van der Waals surface area contributed by atoms with Crippen molar-refractivity contribution in [2.24, 2.45) is 0 Å². The van der Waals surface area contributed by atoms with Gasteiger partial charge in [0.25, 0.3) is 0 Å². The van der Waals surface area contributed by atoms with E-state index in [9.17, 15) is 18.0 Å². The summed E-state index contributed by atoms with van der Waals surface area (Å²) in [4.78, 5) is 15.1. The molecule has 0 aliphatic carbocycles. The molecule has 1 N–H and O–H groups in total. The number of aryl methyl sites for hydroxylation is 1. The van der Waals surface area contributed by atoms with Crippen LogP contribution in [0.3, 0.4) is 0 Å². The fourth-order valence-electron chi connectivity index (χ4n) is 2.21. The Kier molecular flexibility index (Phi) is 5.89. The molecular weight excluding hydrogens is 359 g/mol. The number of ether oxygens (including phenoxy) is 1. The predicted molar refractivity (Wildman–Crippen MR) is 86.0 cm³/mol. The van der Waals surface area contributed by atoms with E-state index in [0.717, 1.165) is 30.2 Å². The topological polar surface area (TPSA) is 59.4 Å². The maximum atomic E-state index is 12.6. The first-order chi connectivity index (χ1) is 11.7. The standard InChI is InChI=1S/C17H15ClF3NO3/c1-2-3-10-6-12(22-14(7-10)16(23)24)9-25-15-5-4-11(8-13(15)18)17(19,20)21/h4-8H,2-3,9H2,1H3,(H,23,24). The summed E-state index contributed by atoms with van der Waals surface area (Å²) < 4.78 is 43.3. The minimum Gasteiger partial charge on any atom is -0.486 e. The lowest BCUT2D eigenvalue weighted by molar-refractivity contribution is -0.137. The van der Waals surface area contributed by atoms with Gasteiger partial charge in [-0.2, -0.15) is 13.2 Å². The van der Waals surface area contributed by atoms with Gasteiger partial charge in [0.05, 0.1) is 16.3 Å². The molecule has 0 radical (unpaired) electrons. The van der Waals surface area contributed by atoms with Gasteiger partial charge in [0.1, 0.15) is 18.1 Å². The second-order valence-corrected chi connectivity index (χ2v) is 5.75. The minimum absolute atomic E-state index is 0.0641. The highest BCUT2D eigenvalue weighted by atomic mass is 35.5. The average molecular weight is 374 g/mol. The van der Waals surface area contributed by atoms with Crippen LogP contribution in [0.5, 0.6) is 5.75 Å². The van der Waals surface area contributed by atoms with Crippen LogP contribution in [0, 0.1) is 0 Å². The van der Waals surface area contributed by atoms with Crippen molar-refractivity contribution >= 4 is 17.6 Å². The zero-order valence-corrected chi connectivity index (χ0v) is 14.0. The number of carboxylic acid groups (broad SMARTS) is 1. The summed E-state index contributed by atoms with van der Waals surface area (Å²) >= 11 is 5.82. The number of aromatic carboxylic acids is 1. The minimum atomic E-state index is -4.49. The molecule has 1 aromatic heterocycles. The van der Waals surface area contributed by atoms with Crippen LogP contribution >= 0.6 is 11.6 Å². The van der Waals surface area contributed by atoms with Crippen LogP contribution in [-0.4, -0.2) is 16.1 Å². The molecule has 25 heavy (non-hydrogen) atoms. The number of carbonyl (C=O) groups is 1. The molecule has 0 unspecified atom stereocenters. The van der Waals surface area contributed by atoms with Crippen molar-refractivity contribution in [1.82, 2.24) is 4.98 Å². The molecular formula is C17H15ClF3NO3. The number of benzene rings is 1. The van der Waals surface area contributed by atoms with Gasteiger partial charge in [0.15, 0.2) is 0 Å². The molecule has 0 aliphatic rings. The number of halogens is 4. The van der Waals surface area contributed by atoms with Crippen LogP contribution in [0.25, 0.3) is 0 Å². The quantitative estimate of drug-likeness (QED) is 0.775. The SMILES string of the molecule is CCCc1cc(COc2ccc(C(F)(F)F)cc2Cl)nc(C(=O)O)c1. The Bertz CT molecular complexity index is 778. The number of nitrogens with zero attached hydrogens (tertiary/aromatic N) is 1. The normalized spacial score (nSPS) is 11.4. The van der Waals surface area contributed by atoms with Crippen molar-refractivity contribution in [2.45, 2.75) is 32.5 Å². The molecule has 1 aromatic carbocycles. The molecule has 134 valence electrons. The number of hydrogen-bond acceptors (Lipinski definition) is 3. The Morgan fingerprint density at radius 3 is 2.56 bits per heavy atom. The van der Waals surface area contributed by atoms with E-state index in [-0.39, 0.29) is 23.1 Å². The summed E-state index contributed by atoms with van der Waals surface area (Å²) in [6.45, 7) is 1.85. The van der Waals surface area contributed by atoms with E-state index in [0.29, 0.717) is 12.1 Å². The predicted octanol–water partition coefficient (Wildman–Crippen LogP) is 4.98. The largest absolute Gasteiger partial charge is 0.486 e. The second kappa shape index (κ2) is 7.74. The third-order valence-corrected chi connectivity index (χ3v) is 3.63. The highest BCUT2D eigenvalue weighted by molar-refractivity contribution is 6.32. The van der Waals surface area contributed by atoms with Crippen LogP contribution in [-0.2, 0) is 19.2 Å². The maximum absolute atomic E-state index is 12.6. The number of rotatable bonds is 6.